The Balaban J connectivity index is 2.08. The highest BCUT2D eigenvalue weighted by Gasteiger charge is 2.10. The molecule has 0 saturated carbocycles. The van der Waals surface area contributed by atoms with Crippen LogP contribution in [0.4, 0.5) is 0 Å². The van der Waals surface area contributed by atoms with Gasteiger partial charge in [-0.05, 0) is 23.8 Å². The van der Waals surface area contributed by atoms with E-state index in [-0.39, 0.29) is 0 Å². The first-order valence-electron chi connectivity index (χ1n) is 6.52. The highest BCUT2D eigenvalue weighted by atomic mass is 32.1. The molecule has 0 atom stereocenters. The molecular formula is C18H12OS. The maximum absolute atomic E-state index is 10.3. The first-order valence-corrected chi connectivity index (χ1v) is 7.34. The number of hydrogen-bond donors (Lipinski definition) is 1. The molecule has 0 radical (unpaired) electrons. The van der Waals surface area contributed by atoms with Gasteiger partial charge in [0.1, 0.15) is 5.75 Å². The second-order valence-electron chi connectivity index (χ2n) is 4.83. The van der Waals surface area contributed by atoms with Gasteiger partial charge in [-0.3, -0.25) is 0 Å². The third-order valence-electron chi connectivity index (χ3n) is 3.58. The van der Waals surface area contributed by atoms with Gasteiger partial charge in [0.25, 0.3) is 0 Å². The quantitative estimate of drug-likeness (QED) is 0.491. The molecule has 0 bridgehead atoms. The minimum absolute atomic E-state index is 0.343. The van der Waals surface area contributed by atoms with Gasteiger partial charge < -0.3 is 5.11 Å². The largest absolute Gasteiger partial charge is 0.507 e. The van der Waals surface area contributed by atoms with Crippen LogP contribution < -0.4 is 0 Å². The van der Waals surface area contributed by atoms with Gasteiger partial charge in [-0.2, -0.15) is 0 Å². The Bertz CT molecular complexity index is 907. The van der Waals surface area contributed by atoms with Gasteiger partial charge in [0.15, 0.2) is 0 Å². The molecule has 0 fully saturated rings. The van der Waals surface area contributed by atoms with Crippen molar-refractivity contribution in [1.29, 1.82) is 0 Å². The maximum Gasteiger partial charge on any atom is 0.124 e. The van der Waals surface area contributed by atoms with E-state index in [0.29, 0.717) is 5.75 Å². The summed E-state index contributed by atoms with van der Waals surface area (Å²) in [6.07, 6.45) is 0. The summed E-state index contributed by atoms with van der Waals surface area (Å²) < 4.78 is 2.38. The first kappa shape index (κ1) is 11.5. The number of hydrogen-bond acceptors (Lipinski definition) is 2. The Morgan fingerprint density at radius 1 is 0.700 bits per heavy atom. The van der Waals surface area contributed by atoms with Crippen molar-refractivity contribution in [2.24, 2.45) is 0 Å². The van der Waals surface area contributed by atoms with Crippen molar-refractivity contribution in [2.75, 3.05) is 0 Å². The van der Waals surface area contributed by atoms with Crippen molar-refractivity contribution >= 4 is 31.5 Å². The van der Waals surface area contributed by atoms with Crippen LogP contribution in [0.15, 0.2) is 66.7 Å². The molecule has 0 amide bonds. The van der Waals surface area contributed by atoms with Crippen molar-refractivity contribution in [3.8, 4) is 16.9 Å². The van der Waals surface area contributed by atoms with Crippen LogP contribution in [0, 0.1) is 0 Å². The summed E-state index contributed by atoms with van der Waals surface area (Å²) in [5.74, 6) is 0.343. The molecule has 1 N–H and O–H groups in total. The summed E-state index contributed by atoms with van der Waals surface area (Å²) in [5.41, 5.74) is 1.93. The summed E-state index contributed by atoms with van der Waals surface area (Å²) in [7, 11) is 0. The molecule has 0 spiro atoms. The van der Waals surface area contributed by atoms with E-state index in [1.165, 1.54) is 15.5 Å². The molecule has 0 aliphatic heterocycles. The molecule has 0 unspecified atom stereocenters. The Hall–Kier alpha value is -2.32. The SMILES string of the molecule is Oc1cc2sc3ccccc3c2cc1-c1ccccc1. The zero-order valence-corrected chi connectivity index (χ0v) is 11.5. The average Bonchev–Trinajstić information content (AvgIpc) is 2.84. The second-order valence-corrected chi connectivity index (χ2v) is 5.91. The summed E-state index contributed by atoms with van der Waals surface area (Å²) in [6.45, 7) is 0. The number of phenols is 1. The van der Waals surface area contributed by atoms with Gasteiger partial charge in [0, 0.05) is 25.7 Å². The van der Waals surface area contributed by atoms with Crippen LogP contribution in [0.1, 0.15) is 0 Å². The van der Waals surface area contributed by atoms with Crippen molar-refractivity contribution in [1.82, 2.24) is 0 Å². The molecule has 1 aromatic heterocycles. The molecule has 0 saturated heterocycles. The fourth-order valence-electron chi connectivity index (χ4n) is 2.61. The van der Waals surface area contributed by atoms with Crippen LogP contribution in [-0.4, -0.2) is 5.11 Å². The summed E-state index contributed by atoms with van der Waals surface area (Å²) in [5, 5.41) is 12.8. The molecule has 3 aromatic carbocycles. The number of thiophene rings is 1. The van der Waals surface area contributed by atoms with Crippen LogP contribution in [0.2, 0.25) is 0 Å². The van der Waals surface area contributed by atoms with Gasteiger partial charge in [-0.1, -0.05) is 48.5 Å². The minimum atomic E-state index is 0.343. The standard InChI is InChI=1S/C18H12OS/c19-16-11-18-15(13-8-4-5-9-17(13)20-18)10-14(16)12-6-2-1-3-7-12/h1-11,19H. The molecule has 0 aliphatic carbocycles. The number of rotatable bonds is 1. The van der Waals surface area contributed by atoms with E-state index >= 15 is 0 Å². The third kappa shape index (κ3) is 1.69. The second kappa shape index (κ2) is 4.36. The van der Waals surface area contributed by atoms with Crippen molar-refractivity contribution in [3.63, 3.8) is 0 Å². The van der Waals surface area contributed by atoms with E-state index in [1.807, 2.05) is 36.4 Å². The van der Waals surface area contributed by atoms with E-state index < -0.39 is 0 Å². The number of phenolic OH excluding ortho intramolecular Hbond substituents is 1. The lowest BCUT2D eigenvalue weighted by Gasteiger charge is -2.05. The highest BCUT2D eigenvalue weighted by molar-refractivity contribution is 7.25. The van der Waals surface area contributed by atoms with Crippen molar-refractivity contribution in [3.05, 3.63) is 66.7 Å². The first-order chi connectivity index (χ1) is 9.83. The van der Waals surface area contributed by atoms with E-state index in [2.05, 4.69) is 30.3 Å². The third-order valence-corrected chi connectivity index (χ3v) is 4.71. The average molecular weight is 276 g/mol. The molecule has 96 valence electrons. The van der Waals surface area contributed by atoms with Crippen LogP contribution in [0.3, 0.4) is 0 Å². The van der Waals surface area contributed by atoms with E-state index in [1.54, 1.807) is 11.3 Å². The number of benzene rings is 3. The maximum atomic E-state index is 10.3. The number of fused-ring (bicyclic) bond motifs is 3. The van der Waals surface area contributed by atoms with Crippen LogP contribution in [0.25, 0.3) is 31.3 Å². The smallest absolute Gasteiger partial charge is 0.124 e. The van der Waals surface area contributed by atoms with Crippen LogP contribution in [0.5, 0.6) is 5.75 Å². The predicted octanol–water partition coefficient (Wildman–Crippen LogP) is 5.43. The zero-order chi connectivity index (χ0) is 13.5. The number of aromatic hydroxyl groups is 1. The minimum Gasteiger partial charge on any atom is -0.507 e. The van der Waals surface area contributed by atoms with E-state index in [4.69, 9.17) is 0 Å². The Kier molecular flexibility index (Phi) is 2.51. The normalized spacial score (nSPS) is 11.2. The topological polar surface area (TPSA) is 20.2 Å². The Labute approximate surface area is 120 Å². The van der Waals surface area contributed by atoms with Crippen LogP contribution in [-0.2, 0) is 0 Å². The van der Waals surface area contributed by atoms with Gasteiger partial charge in [0.05, 0.1) is 0 Å². The summed E-state index contributed by atoms with van der Waals surface area (Å²) >= 11 is 1.72. The lowest BCUT2D eigenvalue weighted by molar-refractivity contribution is 0.478. The van der Waals surface area contributed by atoms with Gasteiger partial charge in [0.2, 0.25) is 0 Å². The molecule has 1 nitrogen and oxygen atoms in total. The Morgan fingerprint density at radius 2 is 1.45 bits per heavy atom. The van der Waals surface area contributed by atoms with Crippen molar-refractivity contribution < 1.29 is 5.11 Å². The zero-order valence-electron chi connectivity index (χ0n) is 10.7. The van der Waals surface area contributed by atoms with E-state index in [0.717, 1.165) is 15.8 Å². The molecule has 2 heteroatoms. The molecule has 4 aromatic rings. The summed E-state index contributed by atoms with van der Waals surface area (Å²) in [4.78, 5) is 0. The fourth-order valence-corrected chi connectivity index (χ4v) is 3.73. The summed E-state index contributed by atoms with van der Waals surface area (Å²) in [6, 6.07) is 22.4. The van der Waals surface area contributed by atoms with Gasteiger partial charge in [-0.25, -0.2) is 0 Å². The van der Waals surface area contributed by atoms with Crippen molar-refractivity contribution in [2.45, 2.75) is 0 Å². The molecule has 0 aliphatic rings. The van der Waals surface area contributed by atoms with Gasteiger partial charge >= 0.3 is 0 Å². The Morgan fingerprint density at radius 3 is 2.30 bits per heavy atom. The van der Waals surface area contributed by atoms with Crippen LogP contribution >= 0.6 is 11.3 Å². The molecule has 1 heterocycles. The lowest BCUT2D eigenvalue weighted by Crippen LogP contribution is -1.78. The monoisotopic (exact) mass is 276 g/mol. The lowest BCUT2D eigenvalue weighted by atomic mass is 10.0. The molecule has 20 heavy (non-hydrogen) atoms. The highest BCUT2D eigenvalue weighted by Crippen LogP contribution is 2.40. The molecule has 4 rings (SSSR count). The van der Waals surface area contributed by atoms with E-state index in [9.17, 15) is 5.11 Å². The molecular weight excluding hydrogens is 264 g/mol. The predicted molar refractivity (Wildman–Crippen MR) is 86.4 cm³/mol. The van der Waals surface area contributed by atoms with Gasteiger partial charge in [-0.15, -0.1) is 11.3 Å². The fraction of sp³-hybridized carbons (Fsp3) is 0.